The second-order valence-corrected chi connectivity index (χ2v) is 8.91. The number of rotatable bonds is 2. The predicted molar refractivity (Wildman–Crippen MR) is 146 cm³/mol. The molecule has 18 heteroatoms. The van der Waals surface area contributed by atoms with Crippen LogP contribution in [0.2, 0.25) is 0 Å². The molecule has 0 N–H and O–H groups in total. The third kappa shape index (κ3) is 13.2. The minimum absolute atomic E-state index is 0. The number of hydrogen-bond acceptors (Lipinski definition) is 6. The molecule has 0 saturated carbocycles. The van der Waals surface area contributed by atoms with E-state index < -0.39 is 23.7 Å². The van der Waals surface area contributed by atoms with Crippen molar-refractivity contribution in [3.05, 3.63) is 107 Å². The molecule has 0 unspecified atom stereocenters. The number of alkyl halides is 6. The zero-order chi connectivity index (χ0) is 32.3. The van der Waals surface area contributed by atoms with Gasteiger partial charge in [-0.15, -0.1) is 11.4 Å². The molecule has 0 fully saturated rings. The van der Waals surface area contributed by atoms with Crippen molar-refractivity contribution in [1.82, 2.24) is 50.8 Å². The van der Waals surface area contributed by atoms with Crippen LogP contribution in [-0.2, 0) is 54.5 Å². The zero-order valence-corrected chi connectivity index (χ0v) is 28.8. The summed E-state index contributed by atoms with van der Waals surface area (Å²) in [6.45, 7) is 7.72. The quantitative estimate of drug-likeness (QED) is 0.204. The van der Waals surface area contributed by atoms with E-state index in [2.05, 4.69) is 50.8 Å². The maximum Gasteiger partial charge on any atom is 2.00 e. The molecule has 0 bridgehead atoms. The van der Waals surface area contributed by atoms with E-state index in [4.69, 9.17) is 0 Å². The van der Waals surface area contributed by atoms with E-state index in [0.717, 1.165) is 34.9 Å². The predicted octanol–water partition coefficient (Wildman–Crippen LogP) is 5.55. The molecule has 0 spiro atoms. The second kappa shape index (κ2) is 18.3. The van der Waals surface area contributed by atoms with Gasteiger partial charge in [0.2, 0.25) is 0 Å². The number of aryl methyl sites for hydroxylation is 4. The summed E-state index contributed by atoms with van der Waals surface area (Å²) in [5, 5.41) is 28.0. The zero-order valence-electron chi connectivity index (χ0n) is 24.3. The molecule has 0 aromatic carbocycles. The van der Waals surface area contributed by atoms with Crippen LogP contribution in [0.3, 0.4) is 0 Å². The minimum Gasteiger partial charge on any atom is -0.579 e. The van der Waals surface area contributed by atoms with Crippen LogP contribution in [0.5, 0.6) is 0 Å². The summed E-state index contributed by atoms with van der Waals surface area (Å²) in [5.41, 5.74) is 3.00. The minimum atomic E-state index is -4.46. The van der Waals surface area contributed by atoms with Gasteiger partial charge in [0.1, 0.15) is 11.4 Å². The second-order valence-electron chi connectivity index (χ2n) is 8.91. The monoisotopic (exact) mass is 1000 g/mol. The molecule has 0 aliphatic rings. The fourth-order valence-electron chi connectivity index (χ4n) is 3.18. The Balaban J connectivity index is 0.000000320. The van der Waals surface area contributed by atoms with E-state index in [-0.39, 0.29) is 53.5 Å². The molecule has 0 amide bonds. The first-order valence-corrected chi connectivity index (χ1v) is 12.6. The van der Waals surface area contributed by atoms with E-state index in [9.17, 15) is 26.3 Å². The third-order valence-electron chi connectivity index (χ3n) is 5.08. The molecule has 0 aliphatic carbocycles. The van der Waals surface area contributed by atoms with E-state index >= 15 is 0 Å². The van der Waals surface area contributed by atoms with Crippen molar-refractivity contribution in [2.45, 2.75) is 40.0 Å². The van der Waals surface area contributed by atoms with Gasteiger partial charge in [0, 0.05) is 35.2 Å². The van der Waals surface area contributed by atoms with Gasteiger partial charge in [-0.25, -0.2) is 0 Å². The Morgan fingerprint density at radius 2 is 0.870 bits per heavy atom. The number of hydrogen-bond donors (Lipinski definition) is 0. The summed E-state index contributed by atoms with van der Waals surface area (Å²) in [6.07, 6.45) is -5.95. The Morgan fingerprint density at radius 3 is 1.07 bits per heavy atom. The maximum atomic E-state index is 12.2. The van der Waals surface area contributed by atoms with Gasteiger partial charge < -0.3 is 40.8 Å². The SMILES string of the molecule is Cc1cc(C)[n-]n1.Cc1cc(C)[n-]n1.FC(F)(F)c1cc(-c2ccccn2)[n-]n1.FC(F)(F)c1cc(-c2ccccn2)[n-]n1.[Pt+2].[Pt+2]. The normalized spacial score (nSPS) is 10.5. The van der Waals surface area contributed by atoms with Crippen molar-refractivity contribution >= 4 is 0 Å². The van der Waals surface area contributed by atoms with Gasteiger partial charge >= 0.3 is 54.5 Å². The van der Waals surface area contributed by atoms with Crippen LogP contribution in [0, 0.1) is 27.7 Å². The van der Waals surface area contributed by atoms with Gasteiger partial charge in [-0.2, -0.15) is 26.3 Å². The summed E-state index contributed by atoms with van der Waals surface area (Å²) in [5.74, 6) is 0. The molecule has 6 heterocycles. The molecular formula is C28H24F6N10Pt2. The van der Waals surface area contributed by atoms with Crippen LogP contribution in [-0.4, -0.2) is 30.4 Å². The van der Waals surface area contributed by atoms with Crippen molar-refractivity contribution < 1.29 is 68.5 Å². The van der Waals surface area contributed by atoms with E-state index in [1.165, 1.54) is 12.4 Å². The molecule has 6 aromatic rings. The fourth-order valence-corrected chi connectivity index (χ4v) is 3.18. The molecule has 6 rings (SSSR count). The summed E-state index contributed by atoms with van der Waals surface area (Å²) in [7, 11) is 0. The van der Waals surface area contributed by atoms with Crippen LogP contribution in [0.1, 0.15) is 34.2 Å². The third-order valence-corrected chi connectivity index (χ3v) is 5.08. The number of halogens is 6. The average molecular weight is 1000 g/mol. The molecule has 46 heavy (non-hydrogen) atoms. The number of nitrogens with zero attached hydrogens (tertiary/aromatic N) is 10. The first kappa shape index (κ1) is 40.1. The fraction of sp³-hybridized carbons (Fsp3) is 0.214. The molecule has 0 aliphatic heterocycles. The van der Waals surface area contributed by atoms with Crippen LogP contribution >= 0.6 is 0 Å². The summed E-state index contributed by atoms with van der Waals surface area (Å²) in [4.78, 5) is 7.75. The van der Waals surface area contributed by atoms with Gasteiger partial charge in [-0.05, 0) is 50.2 Å². The van der Waals surface area contributed by atoms with Gasteiger partial charge in [-0.1, -0.05) is 49.5 Å². The topological polar surface area (TPSA) is 134 Å². The first-order chi connectivity index (χ1) is 20.7. The average Bonchev–Trinajstić information content (AvgIpc) is 3.79. The van der Waals surface area contributed by atoms with Crippen molar-refractivity contribution in [2.75, 3.05) is 0 Å². The largest absolute Gasteiger partial charge is 2.00 e. The number of aromatic nitrogens is 10. The van der Waals surface area contributed by atoms with Crippen LogP contribution in [0.4, 0.5) is 26.3 Å². The van der Waals surface area contributed by atoms with E-state index in [1.807, 2.05) is 39.8 Å². The molecule has 10 nitrogen and oxygen atoms in total. The summed E-state index contributed by atoms with van der Waals surface area (Å²) < 4.78 is 73.2. The van der Waals surface area contributed by atoms with Crippen LogP contribution < -0.4 is 20.4 Å². The Hall–Kier alpha value is -3.90. The molecular weight excluding hydrogens is 981 g/mol. The first-order valence-electron chi connectivity index (χ1n) is 12.6. The standard InChI is InChI=1S/2C9H5F3N3.2C5H7N2.2Pt/c2*10-9(11,12)8-5-7(14-15-8)6-3-1-2-4-13-6;2*1-4-3-5(2)7-6-4;;/h2*1-5H;2*3H,1-2H3;;/q4*-1;2*+2. The van der Waals surface area contributed by atoms with E-state index in [1.54, 1.807) is 36.4 Å². The van der Waals surface area contributed by atoms with Crippen LogP contribution in [0.25, 0.3) is 22.8 Å². The van der Waals surface area contributed by atoms with Gasteiger partial charge in [0.05, 0.1) is 0 Å². The van der Waals surface area contributed by atoms with Crippen molar-refractivity contribution in [3.8, 4) is 22.8 Å². The summed E-state index contributed by atoms with van der Waals surface area (Å²) >= 11 is 0. The Kier molecular flexibility index (Phi) is 16.0. The molecule has 6 aromatic heterocycles. The van der Waals surface area contributed by atoms with Crippen molar-refractivity contribution in [3.63, 3.8) is 0 Å². The van der Waals surface area contributed by atoms with Crippen LogP contribution in [0.15, 0.2) is 73.1 Å². The number of pyridine rings is 2. The molecule has 0 atom stereocenters. The molecule has 0 saturated heterocycles. The molecule has 0 radical (unpaired) electrons. The van der Waals surface area contributed by atoms with Gasteiger partial charge in [0.25, 0.3) is 0 Å². The Bertz CT molecular complexity index is 1540. The molecule has 248 valence electrons. The summed E-state index contributed by atoms with van der Waals surface area (Å²) in [6, 6.07) is 15.5. The Labute approximate surface area is 288 Å². The van der Waals surface area contributed by atoms with E-state index in [0.29, 0.717) is 11.4 Å². The smallest absolute Gasteiger partial charge is 0.579 e. The van der Waals surface area contributed by atoms with Gasteiger partial charge in [0.15, 0.2) is 0 Å². The van der Waals surface area contributed by atoms with Gasteiger partial charge in [-0.3, -0.25) is 9.97 Å². The maximum absolute atomic E-state index is 12.2. The Morgan fingerprint density at radius 1 is 0.500 bits per heavy atom. The van der Waals surface area contributed by atoms with Crippen molar-refractivity contribution in [2.24, 2.45) is 0 Å². The van der Waals surface area contributed by atoms with Crippen molar-refractivity contribution in [1.29, 1.82) is 0 Å².